The monoisotopic (exact) mass is 494 g/mol. The smallest absolute Gasteiger partial charge is 0.253 e. The molecule has 1 aliphatic rings. The molecular formula is C24H23BrN4O3. The Kier molecular flexibility index (Phi) is 7.11. The van der Waals surface area contributed by atoms with Gasteiger partial charge in [-0.25, -0.2) is 4.98 Å². The molecule has 0 spiro atoms. The van der Waals surface area contributed by atoms with E-state index < -0.39 is 0 Å². The summed E-state index contributed by atoms with van der Waals surface area (Å²) in [4.78, 5) is 35.6. The van der Waals surface area contributed by atoms with Crippen molar-refractivity contribution in [2.45, 2.75) is 19.4 Å². The van der Waals surface area contributed by atoms with Crippen molar-refractivity contribution in [1.29, 1.82) is 0 Å². The summed E-state index contributed by atoms with van der Waals surface area (Å²) in [6.45, 7) is 1.45. The highest BCUT2D eigenvalue weighted by Gasteiger charge is 2.28. The zero-order valence-corrected chi connectivity index (χ0v) is 19.0. The van der Waals surface area contributed by atoms with Crippen LogP contribution in [0.25, 0.3) is 0 Å². The molecule has 1 aliphatic heterocycles. The molecule has 2 aromatic heterocycles. The van der Waals surface area contributed by atoms with E-state index in [1.165, 1.54) is 0 Å². The van der Waals surface area contributed by atoms with Crippen LogP contribution in [0.5, 0.6) is 5.75 Å². The third kappa shape index (κ3) is 5.70. The summed E-state index contributed by atoms with van der Waals surface area (Å²) in [5.74, 6) is 0.914. The van der Waals surface area contributed by atoms with Crippen molar-refractivity contribution >= 4 is 33.6 Å². The number of hydrogen-bond donors (Lipinski definition) is 1. The van der Waals surface area contributed by atoms with Crippen molar-refractivity contribution in [2.24, 2.45) is 5.92 Å². The molecule has 0 unspecified atom stereocenters. The molecule has 3 heterocycles. The van der Waals surface area contributed by atoms with E-state index in [-0.39, 0.29) is 17.7 Å². The third-order valence-corrected chi connectivity index (χ3v) is 5.81. The van der Waals surface area contributed by atoms with Gasteiger partial charge in [-0.05, 0) is 65.2 Å². The third-order valence-electron chi connectivity index (χ3n) is 5.34. The van der Waals surface area contributed by atoms with E-state index in [4.69, 9.17) is 4.74 Å². The topological polar surface area (TPSA) is 84.4 Å². The van der Waals surface area contributed by atoms with Gasteiger partial charge in [0, 0.05) is 53.2 Å². The van der Waals surface area contributed by atoms with Crippen LogP contribution in [0.3, 0.4) is 0 Å². The number of benzene rings is 1. The maximum absolute atomic E-state index is 13.0. The number of aromatic nitrogens is 2. The number of carbonyl (C=O) groups excluding carboxylic acids is 2. The van der Waals surface area contributed by atoms with Gasteiger partial charge >= 0.3 is 0 Å². The number of nitrogens with zero attached hydrogens (tertiary/aromatic N) is 3. The highest BCUT2D eigenvalue weighted by Crippen LogP contribution is 2.23. The second-order valence-electron chi connectivity index (χ2n) is 7.60. The first-order chi connectivity index (χ1) is 15.6. The number of halogens is 1. The van der Waals surface area contributed by atoms with Crippen molar-refractivity contribution in [1.82, 2.24) is 14.9 Å². The van der Waals surface area contributed by atoms with E-state index in [1.54, 1.807) is 41.7 Å². The first-order valence-electron chi connectivity index (χ1n) is 10.4. The Morgan fingerprint density at radius 3 is 2.66 bits per heavy atom. The van der Waals surface area contributed by atoms with Crippen LogP contribution >= 0.6 is 15.9 Å². The maximum atomic E-state index is 13.0. The van der Waals surface area contributed by atoms with Gasteiger partial charge in [0.2, 0.25) is 5.91 Å². The second kappa shape index (κ2) is 10.4. The molecule has 0 aliphatic carbocycles. The molecule has 8 heteroatoms. The highest BCUT2D eigenvalue weighted by atomic mass is 79.9. The summed E-state index contributed by atoms with van der Waals surface area (Å²) < 4.78 is 6.67. The van der Waals surface area contributed by atoms with E-state index in [0.29, 0.717) is 49.7 Å². The number of piperidine rings is 1. The number of carbonyl (C=O) groups is 2. The lowest BCUT2D eigenvalue weighted by molar-refractivity contribution is -0.121. The van der Waals surface area contributed by atoms with E-state index in [9.17, 15) is 9.59 Å². The van der Waals surface area contributed by atoms with E-state index in [1.807, 2.05) is 30.3 Å². The van der Waals surface area contributed by atoms with Crippen molar-refractivity contribution < 1.29 is 14.3 Å². The van der Waals surface area contributed by atoms with Crippen LogP contribution in [0.4, 0.5) is 5.82 Å². The lowest BCUT2D eigenvalue weighted by Crippen LogP contribution is -2.41. The van der Waals surface area contributed by atoms with E-state index in [2.05, 4.69) is 31.2 Å². The predicted octanol–water partition coefficient (Wildman–Crippen LogP) is 4.31. The van der Waals surface area contributed by atoms with Gasteiger partial charge in [-0.2, -0.15) is 0 Å². The van der Waals surface area contributed by atoms with Gasteiger partial charge in [-0.3, -0.25) is 14.6 Å². The molecule has 1 aromatic carbocycles. The van der Waals surface area contributed by atoms with Crippen molar-refractivity contribution in [3.05, 3.63) is 82.7 Å². The van der Waals surface area contributed by atoms with Crippen LogP contribution in [0.15, 0.2) is 71.6 Å². The molecule has 32 heavy (non-hydrogen) atoms. The summed E-state index contributed by atoms with van der Waals surface area (Å²) in [6.07, 6.45) is 6.34. The number of nitrogens with one attached hydrogen (secondary N) is 1. The van der Waals surface area contributed by atoms with E-state index >= 15 is 0 Å². The average Bonchev–Trinajstić information content (AvgIpc) is 2.84. The Bertz CT molecular complexity index is 1070. The standard InChI is InChI=1S/C24H23BrN4O3/c25-20-6-7-22(27-15-20)28-23(30)18-8-11-29(12-9-18)24(31)19-4-1-5-21(13-19)32-16-17-3-2-10-26-14-17/h1-7,10,13-15,18H,8-9,11-12,16H2,(H,27,28,30). The Morgan fingerprint density at radius 1 is 1.09 bits per heavy atom. The van der Waals surface area contributed by atoms with Gasteiger partial charge in [0.05, 0.1) is 0 Å². The maximum Gasteiger partial charge on any atom is 0.253 e. The molecule has 0 saturated carbocycles. The van der Waals surface area contributed by atoms with Gasteiger partial charge in [-0.1, -0.05) is 12.1 Å². The largest absolute Gasteiger partial charge is 0.489 e. The molecule has 164 valence electrons. The number of hydrogen-bond acceptors (Lipinski definition) is 5. The molecule has 0 atom stereocenters. The first-order valence-corrected chi connectivity index (χ1v) is 11.2. The molecule has 3 aromatic rings. The molecule has 7 nitrogen and oxygen atoms in total. The molecule has 1 fully saturated rings. The van der Waals surface area contributed by atoms with Crippen LogP contribution in [0.2, 0.25) is 0 Å². The molecule has 4 rings (SSSR count). The first kappa shape index (κ1) is 22.0. The zero-order chi connectivity index (χ0) is 22.3. The molecule has 1 N–H and O–H groups in total. The minimum atomic E-state index is -0.140. The zero-order valence-electron chi connectivity index (χ0n) is 17.4. The van der Waals surface area contributed by atoms with Crippen molar-refractivity contribution in [2.75, 3.05) is 18.4 Å². The lowest BCUT2D eigenvalue weighted by atomic mass is 9.95. The highest BCUT2D eigenvalue weighted by molar-refractivity contribution is 9.10. The predicted molar refractivity (Wildman–Crippen MR) is 124 cm³/mol. The van der Waals surface area contributed by atoms with Crippen LogP contribution in [0.1, 0.15) is 28.8 Å². The van der Waals surface area contributed by atoms with Gasteiger partial charge < -0.3 is 15.0 Å². The van der Waals surface area contributed by atoms with E-state index in [0.717, 1.165) is 10.0 Å². The van der Waals surface area contributed by atoms with Crippen molar-refractivity contribution in [3.8, 4) is 5.75 Å². The fraction of sp³-hybridized carbons (Fsp3) is 0.250. The average molecular weight is 495 g/mol. The summed E-state index contributed by atoms with van der Waals surface area (Å²) in [5.41, 5.74) is 1.54. The summed E-state index contributed by atoms with van der Waals surface area (Å²) in [6, 6.07) is 14.6. The van der Waals surface area contributed by atoms with Gasteiger partial charge in [0.15, 0.2) is 0 Å². The number of pyridine rings is 2. The SMILES string of the molecule is O=C(Nc1ccc(Br)cn1)C1CCN(C(=O)c2cccc(OCc3cccnc3)c2)CC1. The number of likely N-dealkylation sites (tertiary alicyclic amines) is 1. The Labute approximate surface area is 195 Å². The second-order valence-corrected chi connectivity index (χ2v) is 8.51. The summed E-state index contributed by atoms with van der Waals surface area (Å²) >= 11 is 3.33. The van der Waals surface area contributed by atoms with Gasteiger partial charge in [-0.15, -0.1) is 0 Å². The normalized spacial score (nSPS) is 14.1. The fourth-order valence-corrected chi connectivity index (χ4v) is 3.81. The molecule has 0 radical (unpaired) electrons. The summed E-state index contributed by atoms with van der Waals surface area (Å²) in [5, 5.41) is 2.85. The van der Waals surface area contributed by atoms with Crippen LogP contribution in [-0.4, -0.2) is 39.8 Å². The number of rotatable bonds is 6. The van der Waals surface area contributed by atoms with Gasteiger partial charge in [0.1, 0.15) is 18.2 Å². The number of amides is 2. The lowest BCUT2D eigenvalue weighted by Gasteiger charge is -2.31. The van der Waals surface area contributed by atoms with Crippen molar-refractivity contribution in [3.63, 3.8) is 0 Å². The fourth-order valence-electron chi connectivity index (χ4n) is 3.57. The molecular weight excluding hydrogens is 472 g/mol. The van der Waals surface area contributed by atoms with Crippen LogP contribution in [0, 0.1) is 5.92 Å². The molecule has 0 bridgehead atoms. The van der Waals surface area contributed by atoms with Crippen LogP contribution < -0.4 is 10.1 Å². The molecule has 1 saturated heterocycles. The Balaban J connectivity index is 1.30. The van der Waals surface area contributed by atoms with Crippen LogP contribution in [-0.2, 0) is 11.4 Å². The Hall–Kier alpha value is -3.26. The number of ether oxygens (including phenoxy) is 1. The quantitative estimate of drug-likeness (QED) is 0.551. The molecule has 2 amide bonds. The minimum Gasteiger partial charge on any atom is -0.489 e. The number of anilines is 1. The Morgan fingerprint density at radius 2 is 1.94 bits per heavy atom. The summed E-state index contributed by atoms with van der Waals surface area (Å²) in [7, 11) is 0. The minimum absolute atomic E-state index is 0.0507. The van der Waals surface area contributed by atoms with Gasteiger partial charge in [0.25, 0.3) is 5.91 Å².